The second-order valence-electron chi connectivity index (χ2n) is 2.40. The SMILES string of the molecule is O=C(O)C(=S)N1C(=O)C[C@H](O)C1=O. The van der Waals surface area contributed by atoms with E-state index in [4.69, 9.17) is 10.2 Å². The predicted molar refractivity (Wildman–Crippen MR) is 42.7 cm³/mol. The number of hydrogen-bond donors (Lipinski definition) is 2. The van der Waals surface area contributed by atoms with Crippen molar-refractivity contribution in [1.29, 1.82) is 0 Å². The summed E-state index contributed by atoms with van der Waals surface area (Å²) in [4.78, 5) is 31.7. The fourth-order valence-corrected chi connectivity index (χ4v) is 1.12. The van der Waals surface area contributed by atoms with E-state index in [1.165, 1.54) is 0 Å². The molecule has 13 heavy (non-hydrogen) atoms. The first kappa shape index (κ1) is 9.75. The number of carboxylic acid groups (broad SMARTS) is 1. The maximum absolute atomic E-state index is 11.0. The van der Waals surface area contributed by atoms with Crippen LogP contribution in [-0.2, 0) is 14.4 Å². The lowest BCUT2D eigenvalue weighted by atomic mass is 10.3. The molecule has 0 radical (unpaired) electrons. The van der Waals surface area contributed by atoms with E-state index in [9.17, 15) is 14.4 Å². The molecule has 0 aliphatic carbocycles. The summed E-state index contributed by atoms with van der Waals surface area (Å²) < 4.78 is 0. The van der Waals surface area contributed by atoms with Gasteiger partial charge in [-0.3, -0.25) is 9.59 Å². The van der Waals surface area contributed by atoms with E-state index in [2.05, 4.69) is 12.2 Å². The van der Waals surface area contributed by atoms with Crippen LogP contribution in [-0.4, -0.2) is 44.0 Å². The number of aliphatic carboxylic acids is 1. The van der Waals surface area contributed by atoms with E-state index in [0.717, 1.165) is 0 Å². The number of thiocarbonyl (C=S) groups is 1. The minimum atomic E-state index is -1.54. The molecule has 0 aromatic rings. The topological polar surface area (TPSA) is 94.9 Å². The number of carboxylic acids is 1. The highest BCUT2D eigenvalue weighted by atomic mass is 32.1. The van der Waals surface area contributed by atoms with Crippen LogP contribution in [0.1, 0.15) is 6.42 Å². The van der Waals surface area contributed by atoms with Crippen LogP contribution < -0.4 is 0 Å². The quantitative estimate of drug-likeness (QED) is 0.368. The van der Waals surface area contributed by atoms with Crippen molar-refractivity contribution in [2.45, 2.75) is 12.5 Å². The van der Waals surface area contributed by atoms with E-state index in [1.807, 2.05) is 0 Å². The number of hydrogen-bond acceptors (Lipinski definition) is 5. The zero-order valence-corrected chi connectivity index (χ0v) is 7.08. The van der Waals surface area contributed by atoms with E-state index >= 15 is 0 Å². The van der Waals surface area contributed by atoms with Gasteiger partial charge < -0.3 is 10.2 Å². The number of amides is 2. The van der Waals surface area contributed by atoms with Crippen LogP contribution in [0.3, 0.4) is 0 Å². The van der Waals surface area contributed by atoms with Gasteiger partial charge in [-0.15, -0.1) is 0 Å². The van der Waals surface area contributed by atoms with Crippen molar-refractivity contribution in [3.8, 4) is 0 Å². The highest BCUT2D eigenvalue weighted by molar-refractivity contribution is 7.82. The average Bonchev–Trinajstić information content (AvgIpc) is 2.26. The first-order valence-electron chi connectivity index (χ1n) is 3.27. The van der Waals surface area contributed by atoms with Crippen LogP contribution in [0, 0.1) is 0 Å². The summed E-state index contributed by atoms with van der Waals surface area (Å²) in [6.45, 7) is 0. The third-order valence-electron chi connectivity index (χ3n) is 1.51. The second-order valence-corrected chi connectivity index (χ2v) is 2.78. The first-order valence-corrected chi connectivity index (χ1v) is 3.68. The van der Waals surface area contributed by atoms with Crippen LogP contribution >= 0.6 is 12.2 Å². The highest BCUT2D eigenvalue weighted by Crippen LogP contribution is 2.13. The molecule has 2 N–H and O–H groups in total. The zero-order chi connectivity index (χ0) is 10.2. The van der Waals surface area contributed by atoms with E-state index < -0.39 is 35.3 Å². The Morgan fingerprint density at radius 2 is 2.08 bits per heavy atom. The van der Waals surface area contributed by atoms with Gasteiger partial charge in [0.15, 0.2) is 0 Å². The fraction of sp³-hybridized carbons (Fsp3) is 0.333. The molecule has 1 fully saturated rings. The third-order valence-corrected chi connectivity index (χ3v) is 1.87. The largest absolute Gasteiger partial charge is 0.476 e. The van der Waals surface area contributed by atoms with E-state index in [-0.39, 0.29) is 0 Å². The molecule has 7 heteroatoms. The fourth-order valence-electron chi connectivity index (χ4n) is 0.925. The maximum atomic E-state index is 11.0. The minimum Gasteiger partial charge on any atom is -0.476 e. The van der Waals surface area contributed by atoms with Gasteiger partial charge >= 0.3 is 5.97 Å². The van der Waals surface area contributed by atoms with Gasteiger partial charge in [-0.05, 0) is 0 Å². The summed E-state index contributed by atoms with van der Waals surface area (Å²) in [5, 5.41) is 17.3. The van der Waals surface area contributed by atoms with Crippen molar-refractivity contribution in [3.05, 3.63) is 0 Å². The van der Waals surface area contributed by atoms with Gasteiger partial charge in [0.1, 0.15) is 6.10 Å². The van der Waals surface area contributed by atoms with Crippen molar-refractivity contribution in [3.63, 3.8) is 0 Å². The summed E-state index contributed by atoms with van der Waals surface area (Å²) in [7, 11) is 0. The first-order chi connectivity index (χ1) is 5.95. The molecular formula is C6H5NO5S. The van der Waals surface area contributed by atoms with Gasteiger partial charge in [0.05, 0.1) is 6.42 Å². The Morgan fingerprint density at radius 3 is 2.38 bits per heavy atom. The Hall–Kier alpha value is -1.34. The molecule has 1 saturated heterocycles. The molecule has 6 nitrogen and oxygen atoms in total. The average molecular weight is 203 g/mol. The van der Waals surface area contributed by atoms with Gasteiger partial charge in [0, 0.05) is 0 Å². The van der Waals surface area contributed by atoms with E-state index in [0.29, 0.717) is 4.90 Å². The molecule has 0 aromatic carbocycles. The molecule has 70 valence electrons. The molecule has 1 aliphatic rings. The lowest BCUT2D eigenvalue weighted by Gasteiger charge is -2.10. The summed E-state index contributed by atoms with van der Waals surface area (Å²) in [5.41, 5.74) is 0. The monoisotopic (exact) mass is 203 g/mol. The molecule has 1 atom stereocenters. The van der Waals surface area contributed by atoms with Crippen LogP contribution in [0.5, 0.6) is 0 Å². The highest BCUT2D eigenvalue weighted by Gasteiger charge is 2.41. The van der Waals surface area contributed by atoms with Crippen LogP contribution in [0.25, 0.3) is 0 Å². The minimum absolute atomic E-state index is 0.308. The van der Waals surface area contributed by atoms with Crippen molar-refractivity contribution in [2.24, 2.45) is 0 Å². The summed E-state index contributed by atoms with van der Waals surface area (Å²) >= 11 is 4.32. The molecule has 0 saturated carbocycles. The third kappa shape index (κ3) is 1.56. The molecular weight excluding hydrogens is 198 g/mol. The number of likely N-dealkylation sites (tertiary alicyclic amines) is 1. The van der Waals surface area contributed by atoms with Gasteiger partial charge in [0.2, 0.25) is 10.9 Å². The van der Waals surface area contributed by atoms with Gasteiger partial charge in [-0.1, -0.05) is 12.2 Å². The standard InChI is InChI=1S/C6H5NO5S/c8-2-1-3(9)7(4(2)10)5(13)6(11)12/h2,8H,1H2,(H,11,12)/t2-/m0/s1. The molecule has 0 bridgehead atoms. The summed E-state index contributed by atoms with van der Waals surface area (Å²) in [6.07, 6.45) is -1.88. The molecule has 2 amide bonds. The molecule has 0 aromatic heterocycles. The van der Waals surface area contributed by atoms with Gasteiger partial charge in [-0.2, -0.15) is 0 Å². The van der Waals surface area contributed by atoms with Crippen molar-refractivity contribution in [2.75, 3.05) is 0 Å². The van der Waals surface area contributed by atoms with E-state index in [1.54, 1.807) is 0 Å². The maximum Gasteiger partial charge on any atom is 0.364 e. The number of carbonyl (C=O) groups excluding carboxylic acids is 2. The van der Waals surface area contributed by atoms with Crippen molar-refractivity contribution < 1.29 is 24.6 Å². The van der Waals surface area contributed by atoms with Crippen LogP contribution in [0.15, 0.2) is 0 Å². The van der Waals surface area contributed by atoms with Gasteiger partial charge in [0.25, 0.3) is 5.91 Å². The van der Waals surface area contributed by atoms with Crippen molar-refractivity contribution >= 4 is 35.0 Å². The number of aliphatic hydroxyl groups is 1. The predicted octanol–water partition coefficient (Wildman–Crippen LogP) is -1.48. The molecule has 0 unspecified atom stereocenters. The number of rotatable bonds is 0. The lowest BCUT2D eigenvalue weighted by Crippen LogP contribution is -2.40. The Kier molecular flexibility index (Phi) is 2.39. The molecule has 1 rings (SSSR count). The van der Waals surface area contributed by atoms with Crippen LogP contribution in [0.2, 0.25) is 0 Å². The number of imide groups is 1. The lowest BCUT2D eigenvalue weighted by molar-refractivity contribution is -0.139. The molecule has 0 spiro atoms. The van der Waals surface area contributed by atoms with Crippen molar-refractivity contribution in [1.82, 2.24) is 4.90 Å². The number of nitrogens with zero attached hydrogens (tertiary/aromatic N) is 1. The summed E-state index contributed by atoms with van der Waals surface area (Å²) in [6, 6.07) is 0. The zero-order valence-electron chi connectivity index (χ0n) is 6.26. The van der Waals surface area contributed by atoms with Crippen LogP contribution in [0.4, 0.5) is 0 Å². The Bertz CT molecular complexity index is 312. The smallest absolute Gasteiger partial charge is 0.364 e. The number of aliphatic hydroxyl groups excluding tert-OH is 1. The molecule has 1 heterocycles. The Labute approximate surface area is 77.7 Å². The Balaban J connectivity index is 2.93. The summed E-state index contributed by atoms with van der Waals surface area (Å²) in [5.74, 6) is -3.30. The second kappa shape index (κ2) is 3.19. The normalized spacial score (nSPS) is 22.2. The molecule has 1 aliphatic heterocycles. The Morgan fingerprint density at radius 1 is 1.54 bits per heavy atom. The van der Waals surface area contributed by atoms with Gasteiger partial charge in [-0.25, -0.2) is 9.69 Å². The number of carbonyl (C=O) groups is 3.